The summed E-state index contributed by atoms with van der Waals surface area (Å²) in [5.41, 5.74) is 0.583. The fourth-order valence-electron chi connectivity index (χ4n) is 7.39. The van der Waals surface area contributed by atoms with Crippen molar-refractivity contribution < 1.29 is 23.5 Å². The molecule has 0 saturated carbocycles. The van der Waals surface area contributed by atoms with Crippen LogP contribution in [0.3, 0.4) is 0 Å². The average molecular weight is 799 g/mol. The predicted molar refractivity (Wildman–Crippen MR) is 242 cm³/mol. The fourth-order valence-corrected chi connectivity index (χ4v) is 9.70. The number of thiocarbonyl (C=S) groups is 1. The summed E-state index contributed by atoms with van der Waals surface area (Å²) in [6.07, 6.45) is 48.8. The number of aliphatic hydroxyl groups excluding tert-OH is 1. The Morgan fingerprint density at radius 2 is 0.593 bits per heavy atom. The lowest BCUT2D eigenvalue weighted by Crippen LogP contribution is -2.42. The van der Waals surface area contributed by atoms with E-state index in [2.05, 4.69) is 33.0 Å². The van der Waals surface area contributed by atoms with E-state index >= 15 is 0 Å². The SMILES string of the molecule is CCCCCCCCCCCCCCCCCC(=O)O[Si](C)(CCCCCCCCC)OC(=O)CCCCCCCCCCCCCCCCC.OC=S. The lowest BCUT2D eigenvalue weighted by Gasteiger charge is -2.26. The van der Waals surface area contributed by atoms with E-state index in [0.29, 0.717) is 18.4 Å². The number of rotatable bonds is 42. The quantitative estimate of drug-likeness (QED) is 0.0377. The van der Waals surface area contributed by atoms with E-state index in [-0.39, 0.29) is 11.9 Å². The molecule has 1 N–H and O–H groups in total. The van der Waals surface area contributed by atoms with Gasteiger partial charge in [-0.05, 0) is 31.5 Å². The van der Waals surface area contributed by atoms with Gasteiger partial charge >= 0.3 is 8.56 Å². The molecule has 0 rings (SSSR count). The molecule has 0 amide bonds. The molecule has 7 heteroatoms. The number of unbranched alkanes of at least 4 members (excludes halogenated alkanes) is 34. The Morgan fingerprint density at radius 3 is 0.815 bits per heavy atom. The van der Waals surface area contributed by atoms with Crippen molar-refractivity contribution in [3.63, 3.8) is 0 Å². The van der Waals surface area contributed by atoms with Crippen LogP contribution in [0.1, 0.15) is 271 Å². The molecule has 0 aliphatic rings. The molecule has 5 nitrogen and oxygen atoms in total. The minimum Gasteiger partial charge on any atom is -0.504 e. The molecule has 0 aromatic carbocycles. The highest BCUT2D eigenvalue weighted by Gasteiger charge is 2.38. The van der Waals surface area contributed by atoms with Gasteiger partial charge in [0.15, 0.2) is 0 Å². The van der Waals surface area contributed by atoms with Gasteiger partial charge in [-0.1, -0.05) is 239 Å². The molecule has 0 bridgehead atoms. The summed E-state index contributed by atoms with van der Waals surface area (Å²) in [5.74, 6) is -0.303. The fraction of sp³-hybridized carbons (Fsp3) is 0.936. The maximum Gasteiger partial charge on any atom is 0.461 e. The molecule has 0 heterocycles. The van der Waals surface area contributed by atoms with Crippen LogP contribution < -0.4 is 0 Å². The van der Waals surface area contributed by atoms with Crippen molar-refractivity contribution in [3.8, 4) is 0 Å². The first-order valence-electron chi connectivity index (χ1n) is 23.9. The normalized spacial score (nSPS) is 11.3. The van der Waals surface area contributed by atoms with Crippen LogP contribution in [0, 0.1) is 0 Å². The van der Waals surface area contributed by atoms with Crippen molar-refractivity contribution >= 4 is 38.3 Å². The maximum absolute atomic E-state index is 12.9. The minimum absolute atomic E-state index is 0.151. The monoisotopic (exact) mass is 799 g/mol. The summed E-state index contributed by atoms with van der Waals surface area (Å²) in [6, 6.07) is 0.732. The first kappa shape index (κ1) is 55.1. The lowest BCUT2D eigenvalue weighted by molar-refractivity contribution is -0.141. The number of aliphatic hydroxyl groups is 1. The Morgan fingerprint density at radius 1 is 0.407 bits per heavy atom. The van der Waals surface area contributed by atoms with Gasteiger partial charge in [0.05, 0.1) is 0 Å². The molecule has 0 unspecified atom stereocenters. The van der Waals surface area contributed by atoms with E-state index in [1.165, 1.54) is 199 Å². The highest BCUT2D eigenvalue weighted by Crippen LogP contribution is 2.23. The zero-order chi connectivity index (χ0) is 40.1. The molecule has 0 atom stereocenters. The summed E-state index contributed by atoms with van der Waals surface area (Å²) in [4.78, 5) is 25.8. The highest BCUT2D eigenvalue weighted by molar-refractivity contribution is 7.78. The topological polar surface area (TPSA) is 72.8 Å². The standard InChI is InChI=1S/C46H92O4Si.CH2OS/c1-5-8-11-14-17-19-21-23-25-27-29-31-33-36-39-42-45(47)49-51(4,44-41-38-35-16-13-10-7-3)50-46(48)43-40-37-34-32-30-28-26-24-22-20-18-15-12-9-6-2;2-1-3/h5-44H2,1-4H3;1H,(H,2,3). The van der Waals surface area contributed by atoms with Gasteiger partial charge in [0, 0.05) is 25.4 Å². The van der Waals surface area contributed by atoms with Crippen molar-refractivity contribution in [1.29, 1.82) is 0 Å². The average Bonchev–Trinajstić information content (AvgIpc) is 3.14. The number of carbonyl (C=O) groups excluding carboxylic acids is 2. The highest BCUT2D eigenvalue weighted by atomic mass is 32.1. The van der Waals surface area contributed by atoms with Crippen LogP contribution in [0.15, 0.2) is 0 Å². The van der Waals surface area contributed by atoms with Gasteiger partial charge < -0.3 is 14.0 Å². The van der Waals surface area contributed by atoms with E-state index in [1.54, 1.807) is 0 Å². The van der Waals surface area contributed by atoms with Crippen LogP contribution in [0.5, 0.6) is 0 Å². The van der Waals surface area contributed by atoms with Crippen molar-refractivity contribution in [2.75, 3.05) is 0 Å². The Labute approximate surface area is 344 Å². The van der Waals surface area contributed by atoms with E-state index < -0.39 is 8.56 Å². The molecule has 0 aromatic heterocycles. The molecule has 0 spiro atoms. The van der Waals surface area contributed by atoms with Gasteiger partial charge in [0.25, 0.3) is 11.9 Å². The largest absolute Gasteiger partial charge is 0.504 e. The van der Waals surface area contributed by atoms with E-state index in [0.717, 1.165) is 44.6 Å². The van der Waals surface area contributed by atoms with Crippen LogP contribution in [0.2, 0.25) is 12.6 Å². The first-order chi connectivity index (χ1) is 26.4. The molecular formula is C47H94O5SSi. The van der Waals surface area contributed by atoms with Crippen LogP contribution in [-0.2, 0) is 18.4 Å². The smallest absolute Gasteiger partial charge is 0.461 e. The summed E-state index contributed by atoms with van der Waals surface area (Å²) in [7, 11) is -2.87. The number of hydrogen-bond donors (Lipinski definition) is 1. The Balaban J connectivity index is 0. The third-order valence-corrected chi connectivity index (χ3v) is 13.4. The predicted octanol–water partition coefficient (Wildman–Crippen LogP) is 16.9. The minimum atomic E-state index is -2.87. The zero-order valence-electron chi connectivity index (χ0n) is 36.9. The first-order valence-corrected chi connectivity index (χ1v) is 26.9. The number of carbonyl (C=O) groups is 2. The molecule has 0 saturated heterocycles. The summed E-state index contributed by atoms with van der Waals surface area (Å²) >= 11 is 3.82. The number of hydrogen-bond acceptors (Lipinski definition) is 5. The molecular weight excluding hydrogens is 705 g/mol. The van der Waals surface area contributed by atoms with Gasteiger partial charge in [-0.15, -0.1) is 0 Å². The molecule has 0 aromatic rings. The molecule has 0 fully saturated rings. The van der Waals surface area contributed by atoms with Crippen molar-refractivity contribution in [1.82, 2.24) is 0 Å². The third kappa shape index (κ3) is 45.4. The van der Waals surface area contributed by atoms with Gasteiger partial charge in [-0.3, -0.25) is 9.59 Å². The van der Waals surface area contributed by atoms with Crippen LogP contribution in [-0.4, -0.2) is 31.2 Å². The maximum atomic E-state index is 12.9. The summed E-state index contributed by atoms with van der Waals surface area (Å²) in [6.45, 7) is 8.77. The molecule has 0 radical (unpaired) electrons. The second kappa shape index (κ2) is 46.4. The third-order valence-electron chi connectivity index (χ3n) is 10.9. The summed E-state index contributed by atoms with van der Waals surface area (Å²) < 4.78 is 12.1. The Kier molecular flexibility index (Phi) is 47.4. The second-order valence-electron chi connectivity index (χ2n) is 16.5. The summed E-state index contributed by atoms with van der Waals surface area (Å²) in [5, 5.41) is 7.26. The van der Waals surface area contributed by atoms with Crippen molar-refractivity contribution in [3.05, 3.63) is 0 Å². The van der Waals surface area contributed by atoms with Gasteiger partial charge in [0.1, 0.15) is 5.55 Å². The molecule has 54 heavy (non-hydrogen) atoms. The second-order valence-corrected chi connectivity index (χ2v) is 19.8. The van der Waals surface area contributed by atoms with Gasteiger partial charge in [-0.2, -0.15) is 0 Å². The van der Waals surface area contributed by atoms with E-state index in [4.69, 9.17) is 14.0 Å². The Hall–Kier alpha value is -0.953. The molecule has 0 aliphatic carbocycles. The zero-order valence-corrected chi connectivity index (χ0v) is 38.7. The molecule has 0 aliphatic heterocycles. The van der Waals surface area contributed by atoms with Crippen LogP contribution >= 0.6 is 12.2 Å². The van der Waals surface area contributed by atoms with Crippen LogP contribution in [0.4, 0.5) is 0 Å². The van der Waals surface area contributed by atoms with E-state index in [1.807, 2.05) is 6.55 Å². The van der Waals surface area contributed by atoms with Crippen molar-refractivity contribution in [2.24, 2.45) is 0 Å². The Bertz CT molecular complexity index is 731. The van der Waals surface area contributed by atoms with Crippen LogP contribution in [0.25, 0.3) is 0 Å². The van der Waals surface area contributed by atoms with E-state index in [9.17, 15) is 9.59 Å². The van der Waals surface area contributed by atoms with Crippen molar-refractivity contribution in [2.45, 2.75) is 284 Å². The molecule has 322 valence electrons. The van der Waals surface area contributed by atoms with Gasteiger partial charge in [-0.25, -0.2) is 0 Å². The lowest BCUT2D eigenvalue weighted by atomic mass is 10.0. The van der Waals surface area contributed by atoms with Gasteiger partial charge in [0.2, 0.25) is 0 Å².